The second kappa shape index (κ2) is 4.02. The van der Waals surface area contributed by atoms with Crippen LogP contribution in [-0.2, 0) is 24.2 Å². The molecule has 1 aliphatic rings. The van der Waals surface area contributed by atoms with E-state index in [1.807, 2.05) is 4.57 Å². The summed E-state index contributed by atoms with van der Waals surface area (Å²) in [6.45, 7) is 0.317. The van der Waals surface area contributed by atoms with Gasteiger partial charge >= 0.3 is 5.97 Å². The van der Waals surface area contributed by atoms with Gasteiger partial charge in [-0.3, -0.25) is 4.79 Å². The number of hydrogen-bond donors (Lipinski definition) is 2. The minimum absolute atomic E-state index is 0.317. The minimum atomic E-state index is -0.965. The minimum Gasteiger partial charge on any atom is -0.480 e. The number of carboxylic acids is 1. The van der Waals surface area contributed by atoms with Crippen molar-refractivity contribution in [2.24, 2.45) is 5.73 Å². The van der Waals surface area contributed by atoms with Crippen LogP contribution in [0.3, 0.4) is 0 Å². The number of fused-ring (bicyclic) bond motifs is 1. The van der Waals surface area contributed by atoms with Crippen LogP contribution in [0.25, 0.3) is 0 Å². The van der Waals surface area contributed by atoms with Gasteiger partial charge in [0.25, 0.3) is 0 Å². The molecule has 0 saturated carbocycles. The van der Waals surface area contributed by atoms with Crippen LogP contribution in [0.4, 0.5) is 0 Å². The number of carbonyl (C=O) groups is 1. The molecule has 0 aromatic carbocycles. The molecule has 0 fully saturated rings. The first-order valence-corrected chi connectivity index (χ1v) is 5.19. The molecule has 82 valence electrons. The highest BCUT2D eigenvalue weighted by Crippen LogP contribution is 2.19. The van der Waals surface area contributed by atoms with Crippen molar-refractivity contribution in [2.45, 2.75) is 38.3 Å². The number of hydrogen-bond acceptors (Lipinski definition) is 3. The zero-order valence-corrected chi connectivity index (χ0v) is 8.52. The first-order chi connectivity index (χ1) is 7.18. The summed E-state index contributed by atoms with van der Waals surface area (Å²) in [5.41, 5.74) is 7.77. The first-order valence-electron chi connectivity index (χ1n) is 5.19. The van der Waals surface area contributed by atoms with E-state index < -0.39 is 12.0 Å². The Balaban J connectivity index is 2.15. The average Bonchev–Trinajstić information content (AvgIpc) is 2.62. The Bertz CT molecular complexity index is 373. The molecule has 1 aromatic rings. The number of nitrogens with two attached hydrogens (primary N) is 1. The Morgan fingerprint density at radius 1 is 1.60 bits per heavy atom. The molecule has 5 heteroatoms. The summed E-state index contributed by atoms with van der Waals surface area (Å²) in [5.74, 6) is -0.965. The number of aryl methyl sites for hydroxylation is 1. The van der Waals surface area contributed by atoms with E-state index in [1.54, 1.807) is 6.33 Å². The van der Waals surface area contributed by atoms with E-state index in [9.17, 15) is 4.79 Å². The third-order valence-electron chi connectivity index (χ3n) is 2.82. The summed E-state index contributed by atoms with van der Waals surface area (Å²) in [6.07, 6.45) is 6.03. The predicted octanol–water partition coefficient (Wildman–Crippen LogP) is 0.174. The zero-order chi connectivity index (χ0) is 10.8. The molecular formula is C10H15N3O2. The molecule has 0 radical (unpaired) electrons. The van der Waals surface area contributed by atoms with Crippen LogP contribution in [0.15, 0.2) is 6.33 Å². The maximum absolute atomic E-state index is 10.6. The fraction of sp³-hybridized carbons (Fsp3) is 0.600. The molecule has 0 spiro atoms. The maximum Gasteiger partial charge on any atom is 0.322 e. The molecule has 0 aliphatic heterocycles. The highest BCUT2D eigenvalue weighted by atomic mass is 16.4. The topological polar surface area (TPSA) is 81.1 Å². The third-order valence-corrected chi connectivity index (χ3v) is 2.82. The molecule has 0 unspecified atom stereocenters. The predicted molar refractivity (Wildman–Crippen MR) is 54.5 cm³/mol. The SMILES string of the molecule is N[C@H](Cn1cnc2c1CCCC2)C(=O)O. The monoisotopic (exact) mass is 209 g/mol. The van der Waals surface area contributed by atoms with Crippen molar-refractivity contribution in [3.63, 3.8) is 0 Å². The lowest BCUT2D eigenvalue weighted by molar-refractivity contribution is -0.138. The van der Waals surface area contributed by atoms with Crippen molar-refractivity contribution in [1.82, 2.24) is 9.55 Å². The van der Waals surface area contributed by atoms with E-state index in [0.29, 0.717) is 6.54 Å². The Kier molecular flexibility index (Phi) is 2.73. The van der Waals surface area contributed by atoms with E-state index >= 15 is 0 Å². The highest BCUT2D eigenvalue weighted by molar-refractivity contribution is 5.72. The van der Waals surface area contributed by atoms with Gasteiger partial charge in [-0.25, -0.2) is 4.98 Å². The smallest absolute Gasteiger partial charge is 0.322 e. The molecule has 1 heterocycles. The van der Waals surface area contributed by atoms with Gasteiger partial charge in [0.2, 0.25) is 0 Å². The molecule has 5 nitrogen and oxygen atoms in total. The van der Waals surface area contributed by atoms with Crippen LogP contribution >= 0.6 is 0 Å². The van der Waals surface area contributed by atoms with E-state index in [1.165, 1.54) is 6.42 Å². The van der Waals surface area contributed by atoms with Crippen molar-refractivity contribution in [1.29, 1.82) is 0 Å². The maximum atomic E-state index is 10.6. The molecule has 0 bridgehead atoms. The number of nitrogens with zero attached hydrogens (tertiary/aromatic N) is 2. The molecule has 2 rings (SSSR count). The van der Waals surface area contributed by atoms with Gasteiger partial charge in [-0.2, -0.15) is 0 Å². The van der Waals surface area contributed by atoms with E-state index in [2.05, 4.69) is 4.98 Å². The van der Waals surface area contributed by atoms with Crippen LogP contribution in [-0.4, -0.2) is 26.7 Å². The first kappa shape index (κ1) is 10.2. The Hall–Kier alpha value is -1.36. The van der Waals surface area contributed by atoms with Gasteiger partial charge in [0.1, 0.15) is 6.04 Å². The van der Waals surface area contributed by atoms with Gasteiger partial charge in [-0.15, -0.1) is 0 Å². The molecule has 1 aromatic heterocycles. The molecular weight excluding hydrogens is 194 g/mol. The van der Waals surface area contributed by atoms with Crippen molar-refractivity contribution in [2.75, 3.05) is 0 Å². The third kappa shape index (κ3) is 2.02. The van der Waals surface area contributed by atoms with Gasteiger partial charge in [0.15, 0.2) is 0 Å². The van der Waals surface area contributed by atoms with E-state index in [4.69, 9.17) is 10.8 Å². The lowest BCUT2D eigenvalue weighted by Crippen LogP contribution is -2.35. The number of imidazole rings is 1. The fourth-order valence-electron chi connectivity index (χ4n) is 1.98. The fourth-order valence-corrected chi connectivity index (χ4v) is 1.98. The Morgan fingerprint density at radius 3 is 3.07 bits per heavy atom. The number of aliphatic carboxylic acids is 1. The zero-order valence-electron chi connectivity index (χ0n) is 8.52. The standard InChI is InChI=1S/C10H15N3O2/c11-7(10(14)15)5-13-6-12-8-3-1-2-4-9(8)13/h6-7H,1-5,11H2,(H,14,15)/t7-/m1/s1. The van der Waals surface area contributed by atoms with Gasteiger partial charge in [-0.1, -0.05) is 0 Å². The number of carboxylic acid groups (broad SMARTS) is 1. The summed E-state index contributed by atoms with van der Waals surface area (Å²) in [7, 11) is 0. The number of aromatic nitrogens is 2. The average molecular weight is 209 g/mol. The van der Waals surface area contributed by atoms with Crippen molar-refractivity contribution in [3.05, 3.63) is 17.7 Å². The Labute approximate surface area is 87.9 Å². The lowest BCUT2D eigenvalue weighted by Gasteiger charge is -2.15. The number of rotatable bonds is 3. The van der Waals surface area contributed by atoms with Crippen molar-refractivity contribution >= 4 is 5.97 Å². The van der Waals surface area contributed by atoms with Crippen molar-refractivity contribution in [3.8, 4) is 0 Å². The molecule has 3 N–H and O–H groups in total. The summed E-state index contributed by atoms with van der Waals surface area (Å²) in [6, 6.07) is -0.842. The van der Waals surface area contributed by atoms with Crippen LogP contribution in [0.2, 0.25) is 0 Å². The summed E-state index contributed by atoms with van der Waals surface area (Å²) >= 11 is 0. The van der Waals surface area contributed by atoms with E-state index in [-0.39, 0.29) is 0 Å². The second-order valence-electron chi connectivity index (χ2n) is 3.94. The van der Waals surface area contributed by atoms with Gasteiger partial charge in [0, 0.05) is 12.2 Å². The van der Waals surface area contributed by atoms with Crippen LogP contribution in [0, 0.1) is 0 Å². The normalized spacial score (nSPS) is 17.1. The van der Waals surface area contributed by atoms with Gasteiger partial charge in [-0.05, 0) is 25.7 Å². The molecule has 15 heavy (non-hydrogen) atoms. The quantitative estimate of drug-likeness (QED) is 0.743. The molecule has 0 saturated heterocycles. The Morgan fingerprint density at radius 2 is 2.33 bits per heavy atom. The molecule has 1 aliphatic carbocycles. The van der Waals surface area contributed by atoms with Crippen LogP contribution in [0.1, 0.15) is 24.2 Å². The van der Waals surface area contributed by atoms with Gasteiger partial charge in [0.05, 0.1) is 12.0 Å². The van der Waals surface area contributed by atoms with Crippen LogP contribution in [0.5, 0.6) is 0 Å². The van der Waals surface area contributed by atoms with Crippen LogP contribution < -0.4 is 5.73 Å². The molecule has 1 atom stereocenters. The second-order valence-corrected chi connectivity index (χ2v) is 3.94. The molecule has 0 amide bonds. The van der Waals surface area contributed by atoms with Crippen molar-refractivity contribution < 1.29 is 9.90 Å². The summed E-state index contributed by atoms with van der Waals surface area (Å²) in [5, 5.41) is 8.73. The lowest BCUT2D eigenvalue weighted by atomic mass is 10.0. The van der Waals surface area contributed by atoms with E-state index in [0.717, 1.165) is 30.7 Å². The largest absolute Gasteiger partial charge is 0.480 e. The highest BCUT2D eigenvalue weighted by Gasteiger charge is 2.18. The van der Waals surface area contributed by atoms with Gasteiger partial charge < -0.3 is 15.4 Å². The summed E-state index contributed by atoms with van der Waals surface area (Å²) < 4.78 is 1.88. The summed E-state index contributed by atoms with van der Waals surface area (Å²) in [4.78, 5) is 14.9.